The van der Waals surface area contributed by atoms with Gasteiger partial charge in [-0.1, -0.05) is 6.92 Å². The summed E-state index contributed by atoms with van der Waals surface area (Å²) in [4.78, 5) is 16.0. The standard InChI is InChI=1S/C14H21BrN2OS/c1-3-14(8-5-9-16-14)13(18)17(4-2)10-11-6-7-12(15)19-11/h6-7,16H,3-5,8-10H2,1-2H3. The van der Waals surface area contributed by atoms with Crippen LogP contribution in [-0.2, 0) is 11.3 Å². The Morgan fingerprint density at radius 3 is 2.79 bits per heavy atom. The molecule has 3 nitrogen and oxygen atoms in total. The van der Waals surface area contributed by atoms with Gasteiger partial charge in [-0.2, -0.15) is 0 Å². The van der Waals surface area contributed by atoms with E-state index in [2.05, 4.69) is 41.2 Å². The van der Waals surface area contributed by atoms with Gasteiger partial charge in [0.2, 0.25) is 5.91 Å². The molecule has 0 radical (unpaired) electrons. The number of amides is 1. The molecule has 5 heteroatoms. The topological polar surface area (TPSA) is 32.3 Å². The van der Waals surface area contributed by atoms with Crippen molar-refractivity contribution in [2.75, 3.05) is 13.1 Å². The van der Waals surface area contributed by atoms with Crippen LogP contribution in [0.2, 0.25) is 0 Å². The minimum absolute atomic E-state index is 0.263. The highest BCUT2D eigenvalue weighted by Crippen LogP contribution is 2.28. The van der Waals surface area contributed by atoms with Crippen molar-refractivity contribution in [3.05, 3.63) is 20.8 Å². The minimum atomic E-state index is -0.315. The lowest BCUT2D eigenvalue weighted by Crippen LogP contribution is -2.54. The fraction of sp³-hybridized carbons (Fsp3) is 0.643. The van der Waals surface area contributed by atoms with Gasteiger partial charge in [0.15, 0.2) is 0 Å². The lowest BCUT2D eigenvalue weighted by Gasteiger charge is -2.33. The Morgan fingerprint density at radius 2 is 2.32 bits per heavy atom. The summed E-state index contributed by atoms with van der Waals surface area (Å²) in [7, 11) is 0. The van der Waals surface area contributed by atoms with E-state index in [1.54, 1.807) is 11.3 Å². The summed E-state index contributed by atoms with van der Waals surface area (Å²) in [5.41, 5.74) is -0.315. The van der Waals surface area contributed by atoms with Crippen molar-refractivity contribution in [3.8, 4) is 0 Å². The number of hydrogen-bond acceptors (Lipinski definition) is 3. The number of carbonyl (C=O) groups excluding carboxylic acids is 1. The molecule has 19 heavy (non-hydrogen) atoms. The van der Waals surface area contributed by atoms with Gasteiger partial charge in [0.25, 0.3) is 0 Å². The van der Waals surface area contributed by atoms with E-state index in [0.717, 1.165) is 42.7 Å². The smallest absolute Gasteiger partial charge is 0.243 e. The molecule has 0 aliphatic carbocycles. The van der Waals surface area contributed by atoms with Crippen LogP contribution in [0.4, 0.5) is 0 Å². The van der Waals surface area contributed by atoms with Gasteiger partial charge in [-0.25, -0.2) is 0 Å². The summed E-state index contributed by atoms with van der Waals surface area (Å²) in [6, 6.07) is 4.13. The Morgan fingerprint density at radius 1 is 1.53 bits per heavy atom. The number of thiophene rings is 1. The zero-order valence-corrected chi connectivity index (χ0v) is 13.9. The van der Waals surface area contributed by atoms with Crippen LogP contribution in [0.3, 0.4) is 0 Å². The van der Waals surface area contributed by atoms with Crippen molar-refractivity contribution in [3.63, 3.8) is 0 Å². The molecule has 1 atom stereocenters. The molecule has 0 saturated carbocycles. The van der Waals surface area contributed by atoms with Crippen molar-refractivity contribution >= 4 is 33.2 Å². The van der Waals surface area contributed by atoms with Gasteiger partial charge < -0.3 is 10.2 Å². The SMILES string of the molecule is CCN(Cc1ccc(Br)s1)C(=O)C1(CC)CCCN1. The zero-order chi connectivity index (χ0) is 13.9. The average Bonchev–Trinajstić information content (AvgIpc) is 3.05. The van der Waals surface area contributed by atoms with Gasteiger partial charge in [0, 0.05) is 11.4 Å². The molecule has 1 amide bonds. The molecule has 106 valence electrons. The normalized spacial score (nSPS) is 22.7. The van der Waals surface area contributed by atoms with Gasteiger partial charge in [-0.05, 0) is 60.8 Å². The van der Waals surface area contributed by atoms with Crippen LogP contribution < -0.4 is 5.32 Å². The fourth-order valence-corrected chi connectivity index (χ4v) is 4.20. The maximum Gasteiger partial charge on any atom is 0.243 e. The second-order valence-corrected chi connectivity index (χ2v) is 7.54. The quantitative estimate of drug-likeness (QED) is 0.887. The highest BCUT2D eigenvalue weighted by Gasteiger charge is 2.41. The minimum Gasteiger partial charge on any atom is -0.336 e. The molecule has 1 fully saturated rings. The molecule has 2 heterocycles. The Kier molecular flexibility index (Phi) is 5.03. The molecular weight excluding hydrogens is 324 g/mol. The maximum absolute atomic E-state index is 12.8. The van der Waals surface area contributed by atoms with E-state index in [0.29, 0.717) is 0 Å². The number of hydrogen-bond donors (Lipinski definition) is 1. The average molecular weight is 345 g/mol. The van der Waals surface area contributed by atoms with Gasteiger partial charge in [-0.15, -0.1) is 11.3 Å². The fourth-order valence-electron chi connectivity index (χ4n) is 2.70. The number of nitrogens with one attached hydrogen (secondary N) is 1. The Labute approximate surface area is 127 Å². The Bertz CT molecular complexity index is 440. The van der Waals surface area contributed by atoms with E-state index < -0.39 is 0 Å². The molecule has 1 saturated heterocycles. The third-order valence-electron chi connectivity index (χ3n) is 3.90. The first-order chi connectivity index (χ1) is 9.11. The largest absolute Gasteiger partial charge is 0.336 e. The molecular formula is C14H21BrN2OS. The molecule has 0 bridgehead atoms. The van der Waals surface area contributed by atoms with Crippen molar-refractivity contribution in [1.29, 1.82) is 0 Å². The van der Waals surface area contributed by atoms with Gasteiger partial charge in [-0.3, -0.25) is 4.79 Å². The van der Waals surface area contributed by atoms with E-state index in [1.165, 1.54) is 4.88 Å². The van der Waals surface area contributed by atoms with Crippen LogP contribution in [0.25, 0.3) is 0 Å². The van der Waals surface area contributed by atoms with Crippen LogP contribution in [0, 0.1) is 0 Å². The summed E-state index contributed by atoms with van der Waals surface area (Å²) >= 11 is 5.17. The van der Waals surface area contributed by atoms with E-state index in [-0.39, 0.29) is 11.4 Å². The molecule has 0 spiro atoms. The molecule has 1 aliphatic heterocycles. The van der Waals surface area contributed by atoms with Crippen molar-refractivity contribution in [2.24, 2.45) is 0 Å². The lowest BCUT2D eigenvalue weighted by atomic mass is 9.92. The zero-order valence-electron chi connectivity index (χ0n) is 11.5. The monoisotopic (exact) mass is 344 g/mol. The van der Waals surface area contributed by atoms with Crippen molar-refractivity contribution in [1.82, 2.24) is 10.2 Å². The van der Waals surface area contributed by atoms with E-state index in [1.807, 2.05) is 11.0 Å². The second-order valence-electron chi connectivity index (χ2n) is 4.99. The first-order valence-electron chi connectivity index (χ1n) is 6.90. The predicted molar refractivity (Wildman–Crippen MR) is 83.4 cm³/mol. The molecule has 1 aliphatic rings. The van der Waals surface area contributed by atoms with Crippen LogP contribution >= 0.6 is 27.3 Å². The predicted octanol–water partition coefficient (Wildman–Crippen LogP) is 3.39. The van der Waals surface area contributed by atoms with Gasteiger partial charge >= 0.3 is 0 Å². The summed E-state index contributed by atoms with van der Waals surface area (Å²) in [5.74, 6) is 0.263. The van der Waals surface area contributed by atoms with E-state index >= 15 is 0 Å². The van der Waals surface area contributed by atoms with Gasteiger partial charge in [0.1, 0.15) is 0 Å². The van der Waals surface area contributed by atoms with Crippen LogP contribution in [0.15, 0.2) is 15.9 Å². The number of rotatable bonds is 5. The van der Waals surface area contributed by atoms with Crippen LogP contribution in [0.5, 0.6) is 0 Å². The molecule has 1 aromatic rings. The Balaban J connectivity index is 2.10. The number of halogens is 1. The highest BCUT2D eigenvalue weighted by molar-refractivity contribution is 9.11. The van der Waals surface area contributed by atoms with Crippen LogP contribution in [-0.4, -0.2) is 29.4 Å². The molecule has 2 rings (SSSR count). The summed E-state index contributed by atoms with van der Waals surface area (Å²) in [6.07, 6.45) is 2.94. The van der Waals surface area contributed by atoms with Crippen molar-refractivity contribution < 1.29 is 4.79 Å². The Hall–Kier alpha value is -0.390. The number of nitrogens with zero attached hydrogens (tertiary/aromatic N) is 1. The first kappa shape index (κ1) is 15.0. The summed E-state index contributed by atoms with van der Waals surface area (Å²) in [6.45, 7) is 6.60. The van der Waals surface area contributed by atoms with Crippen molar-refractivity contribution in [2.45, 2.75) is 45.2 Å². The molecule has 0 aromatic carbocycles. The molecule has 1 N–H and O–H groups in total. The number of carbonyl (C=O) groups is 1. The maximum atomic E-state index is 12.8. The molecule has 1 aromatic heterocycles. The van der Waals surface area contributed by atoms with Crippen LogP contribution in [0.1, 0.15) is 38.0 Å². The van der Waals surface area contributed by atoms with Gasteiger partial charge in [0.05, 0.1) is 15.9 Å². The molecule has 1 unspecified atom stereocenters. The summed E-state index contributed by atoms with van der Waals surface area (Å²) < 4.78 is 1.12. The van der Waals surface area contributed by atoms with E-state index in [9.17, 15) is 4.79 Å². The summed E-state index contributed by atoms with van der Waals surface area (Å²) in [5, 5.41) is 3.43. The first-order valence-corrected chi connectivity index (χ1v) is 8.51. The number of likely N-dealkylation sites (N-methyl/N-ethyl adjacent to an activating group) is 1. The lowest BCUT2D eigenvalue weighted by molar-refractivity contribution is -0.138. The third kappa shape index (κ3) is 3.20. The highest BCUT2D eigenvalue weighted by atomic mass is 79.9. The third-order valence-corrected chi connectivity index (χ3v) is 5.51. The second kappa shape index (κ2) is 6.37. The van der Waals surface area contributed by atoms with E-state index in [4.69, 9.17) is 0 Å².